The number of quaternary nitrogens is 1. The molecule has 0 radical (unpaired) electrons. The Morgan fingerprint density at radius 2 is 1.67 bits per heavy atom. The van der Waals surface area contributed by atoms with E-state index in [1.54, 1.807) is 12.1 Å². The van der Waals surface area contributed by atoms with E-state index < -0.39 is 11.6 Å². The van der Waals surface area contributed by atoms with Gasteiger partial charge in [-0.25, -0.2) is 9.28 Å². The smallest absolute Gasteiger partial charge is 0.331 e. The molecule has 7 N–H and O–H groups in total. The zero-order valence-electron chi connectivity index (χ0n) is 19.1. The average Bonchev–Trinajstić information content (AvgIpc) is 3.52. The lowest BCUT2D eigenvalue weighted by Crippen LogP contribution is -2.70. The number of carbonyl (C=O) groups is 2. The first-order chi connectivity index (χ1) is 14.8. The molecule has 184 valence electrons. The Morgan fingerprint density at radius 1 is 1.03 bits per heavy atom. The second kappa shape index (κ2) is 10.7. The molecule has 4 rings (SSSR count). The van der Waals surface area contributed by atoms with Crippen molar-refractivity contribution in [3.05, 3.63) is 35.4 Å². The molecule has 0 aromatic heterocycles. The highest BCUT2D eigenvalue weighted by Crippen LogP contribution is 2.59. The molecule has 7 nitrogen and oxygen atoms in total. The Morgan fingerprint density at radius 3 is 2.24 bits per heavy atom. The van der Waals surface area contributed by atoms with Crippen LogP contribution in [0.3, 0.4) is 0 Å². The van der Waals surface area contributed by atoms with Crippen LogP contribution in [-0.4, -0.2) is 40.3 Å². The average molecular weight is 500 g/mol. The molecular formula is C24H38Cl2N5O2+. The molecule has 3 aliphatic rings. The standard InChI is InChI=1S/C24H35N5O2.2ClH/c25-20(13-16-5-2-1-3-6-16)22(30)29(12-4-7-19-14-24(19,29)23(28)31)15-17-8-10-18(11-9-17)21(26)27;;/h8-11,16,19-20H,1-7,12-15,25H2,(H4-,26,27,28,31);2*1H/p+1/t19-,20-,24+,29?;;/m1../s1. The molecule has 2 amide bonds. The Labute approximate surface area is 208 Å². The highest BCUT2D eigenvalue weighted by molar-refractivity contribution is 5.95. The molecule has 9 heteroatoms. The Hall–Kier alpha value is -1.67. The molecule has 2 saturated carbocycles. The van der Waals surface area contributed by atoms with Gasteiger partial charge in [0.05, 0.1) is 6.54 Å². The van der Waals surface area contributed by atoms with Gasteiger partial charge in [-0.15, -0.1) is 24.8 Å². The summed E-state index contributed by atoms with van der Waals surface area (Å²) in [4.78, 5) is 26.8. The number of nitrogens with one attached hydrogen (secondary N) is 1. The van der Waals surface area contributed by atoms with Crippen molar-refractivity contribution < 1.29 is 14.1 Å². The van der Waals surface area contributed by atoms with Gasteiger partial charge in [-0.3, -0.25) is 10.2 Å². The Bertz CT molecular complexity index is 874. The lowest BCUT2D eigenvalue weighted by atomic mass is 9.84. The van der Waals surface area contributed by atoms with Crippen molar-refractivity contribution in [1.82, 2.24) is 0 Å². The molecule has 1 aliphatic heterocycles. The first-order valence-electron chi connectivity index (χ1n) is 11.7. The number of nitrogen functional groups attached to an aromatic ring is 1. The molecule has 0 bridgehead atoms. The van der Waals surface area contributed by atoms with Gasteiger partial charge in [0.1, 0.15) is 18.4 Å². The van der Waals surface area contributed by atoms with Crippen molar-refractivity contribution in [2.24, 2.45) is 29.0 Å². The topological polar surface area (TPSA) is 136 Å². The number of carbonyl (C=O) groups excluding carboxylic acids is 2. The van der Waals surface area contributed by atoms with Crippen LogP contribution < -0.4 is 17.2 Å². The van der Waals surface area contributed by atoms with Crippen LogP contribution >= 0.6 is 24.8 Å². The van der Waals surface area contributed by atoms with E-state index in [0.717, 1.165) is 31.2 Å². The molecule has 2 aliphatic carbocycles. The number of piperidine rings is 1. The van der Waals surface area contributed by atoms with Crippen LogP contribution in [0.4, 0.5) is 0 Å². The normalized spacial score (nSPS) is 29.5. The number of amidine groups is 1. The van der Waals surface area contributed by atoms with Crippen molar-refractivity contribution in [1.29, 1.82) is 5.41 Å². The first kappa shape index (κ1) is 27.6. The summed E-state index contributed by atoms with van der Waals surface area (Å²) in [7, 11) is 0. The van der Waals surface area contributed by atoms with E-state index in [1.165, 1.54) is 19.3 Å². The van der Waals surface area contributed by atoms with Crippen molar-refractivity contribution in [3.63, 3.8) is 0 Å². The van der Waals surface area contributed by atoms with Crippen LogP contribution in [0, 0.1) is 17.2 Å². The number of primary amides is 1. The maximum atomic E-state index is 14.0. The van der Waals surface area contributed by atoms with Crippen LogP contribution in [0.2, 0.25) is 0 Å². The summed E-state index contributed by atoms with van der Waals surface area (Å²) in [6.07, 6.45) is 9.17. The zero-order chi connectivity index (χ0) is 22.2. The van der Waals surface area contributed by atoms with Crippen molar-refractivity contribution >= 4 is 42.5 Å². The minimum absolute atomic E-state index is 0. The van der Waals surface area contributed by atoms with E-state index in [4.69, 9.17) is 22.6 Å². The third-order valence-electron chi connectivity index (χ3n) is 8.12. The fourth-order valence-electron chi connectivity index (χ4n) is 6.41. The van der Waals surface area contributed by atoms with Gasteiger partial charge >= 0.3 is 5.91 Å². The van der Waals surface area contributed by atoms with Gasteiger partial charge in [-0.05, 0) is 25.2 Å². The summed E-state index contributed by atoms with van der Waals surface area (Å²) < 4.78 is 0.0559. The summed E-state index contributed by atoms with van der Waals surface area (Å²) in [5, 5.41) is 7.61. The van der Waals surface area contributed by atoms with E-state index in [-0.39, 0.29) is 52.9 Å². The number of rotatable bonds is 7. The van der Waals surface area contributed by atoms with Gasteiger partial charge < -0.3 is 17.2 Å². The summed E-state index contributed by atoms with van der Waals surface area (Å²) in [5.41, 5.74) is 18.9. The highest BCUT2D eigenvalue weighted by atomic mass is 35.5. The number of nitrogens with two attached hydrogens (primary N) is 3. The van der Waals surface area contributed by atoms with E-state index in [0.29, 0.717) is 37.4 Å². The van der Waals surface area contributed by atoms with Gasteiger partial charge in [-0.2, -0.15) is 0 Å². The lowest BCUT2D eigenvalue weighted by Gasteiger charge is -2.46. The van der Waals surface area contributed by atoms with E-state index >= 15 is 0 Å². The number of halogens is 2. The van der Waals surface area contributed by atoms with Crippen LogP contribution in [0.25, 0.3) is 0 Å². The molecule has 1 unspecified atom stereocenters. The summed E-state index contributed by atoms with van der Waals surface area (Å²) in [6, 6.07) is 6.82. The van der Waals surface area contributed by atoms with E-state index in [2.05, 4.69) is 0 Å². The predicted octanol–water partition coefficient (Wildman–Crippen LogP) is 2.99. The van der Waals surface area contributed by atoms with Gasteiger partial charge in [0.2, 0.25) is 0 Å². The number of hydrogen-bond donors (Lipinski definition) is 4. The number of amides is 2. The van der Waals surface area contributed by atoms with Gasteiger partial charge in [0.15, 0.2) is 5.54 Å². The largest absolute Gasteiger partial charge is 0.384 e. The maximum absolute atomic E-state index is 14.0. The minimum atomic E-state index is -0.821. The molecule has 3 fully saturated rings. The molecule has 1 aromatic carbocycles. The molecule has 1 aromatic rings. The van der Waals surface area contributed by atoms with Crippen LogP contribution in [-0.2, 0) is 16.1 Å². The molecule has 1 heterocycles. The van der Waals surface area contributed by atoms with Crippen LogP contribution in [0.15, 0.2) is 24.3 Å². The second-order valence-electron chi connectivity index (χ2n) is 9.98. The number of hydrogen-bond acceptors (Lipinski definition) is 4. The minimum Gasteiger partial charge on any atom is -0.384 e. The summed E-state index contributed by atoms with van der Waals surface area (Å²) in [5.74, 6) is 0.279. The van der Waals surface area contributed by atoms with Crippen molar-refractivity contribution in [2.75, 3.05) is 6.54 Å². The molecule has 1 saturated heterocycles. The van der Waals surface area contributed by atoms with Crippen LogP contribution in [0.5, 0.6) is 0 Å². The second-order valence-corrected chi connectivity index (χ2v) is 9.98. The first-order valence-corrected chi connectivity index (χ1v) is 11.7. The quantitative estimate of drug-likeness (QED) is 0.260. The fraction of sp³-hybridized carbons (Fsp3) is 0.625. The summed E-state index contributed by atoms with van der Waals surface area (Å²) in [6.45, 7) is 1.01. The summed E-state index contributed by atoms with van der Waals surface area (Å²) >= 11 is 0. The van der Waals surface area contributed by atoms with Crippen molar-refractivity contribution in [2.45, 2.75) is 75.9 Å². The number of nitrogens with zero attached hydrogens (tertiary/aromatic N) is 1. The molecule has 4 atom stereocenters. The monoisotopic (exact) mass is 498 g/mol. The third-order valence-corrected chi connectivity index (χ3v) is 8.12. The number of likely N-dealkylation sites (tertiary alicyclic amines) is 1. The SMILES string of the molecule is Cl.Cl.N=C(N)c1ccc(C[N+]2(C(=O)[C@H](N)CC3CCCCC3)CCC[C@@H]3C[C@@]32C(N)=O)cc1. The molecule has 33 heavy (non-hydrogen) atoms. The highest BCUT2D eigenvalue weighted by Gasteiger charge is 2.76. The number of fused-ring (bicyclic) bond motifs is 1. The van der Waals surface area contributed by atoms with E-state index in [1.807, 2.05) is 12.1 Å². The maximum Gasteiger partial charge on any atom is 0.331 e. The van der Waals surface area contributed by atoms with Gasteiger partial charge in [-0.1, -0.05) is 56.4 Å². The molecular weight excluding hydrogens is 461 g/mol. The van der Waals surface area contributed by atoms with Gasteiger partial charge in [0.25, 0.3) is 5.91 Å². The van der Waals surface area contributed by atoms with Crippen LogP contribution in [0.1, 0.15) is 68.9 Å². The van der Waals surface area contributed by atoms with E-state index in [9.17, 15) is 9.59 Å². The predicted molar refractivity (Wildman–Crippen MR) is 134 cm³/mol. The Kier molecular flexibility index (Phi) is 8.96. The zero-order valence-corrected chi connectivity index (χ0v) is 20.8. The van der Waals surface area contributed by atoms with Crippen molar-refractivity contribution in [3.8, 4) is 0 Å². The molecule has 0 spiro atoms. The number of benzene rings is 1. The lowest BCUT2D eigenvalue weighted by molar-refractivity contribution is -0.900. The third kappa shape index (κ3) is 4.92. The van der Waals surface area contributed by atoms with Gasteiger partial charge in [0, 0.05) is 23.5 Å². The Balaban J connectivity index is 0.00000193. The fourth-order valence-corrected chi connectivity index (χ4v) is 6.41.